The smallest absolute Gasteiger partial charge is 0.133 e. The highest BCUT2D eigenvalue weighted by Gasteiger charge is 2.34. The Morgan fingerprint density at radius 2 is 2.00 bits per heavy atom. The van der Waals surface area contributed by atoms with Crippen LogP contribution in [-0.2, 0) is 6.54 Å². The van der Waals surface area contributed by atoms with Gasteiger partial charge < -0.3 is 10.1 Å². The van der Waals surface area contributed by atoms with Gasteiger partial charge in [0.25, 0.3) is 0 Å². The topological polar surface area (TPSA) is 24.5 Å². The van der Waals surface area contributed by atoms with Crippen LogP contribution in [0.2, 0.25) is 5.02 Å². The van der Waals surface area contributed by atoms with Gasteiger partial charge in [-0.15, -0.1) is 11.8 Å². The highest BCUT2D eigenvalue weighted by atomic mass is 35.5. The second-order valence-corrected chi connectivity index (χ2v) is 8.97. The summed E-state index contributed by atoms with van der Waals surface area (Å²) in [7, 11) is 2.08. The SMILES string of the molecule is CNC(C1CCN(Cc2cccc(Cl)c2)CC1)C1CSc2ccccc2O1. The van der Waals surface area contributed by atoms with Gasteiger partial charge in [-0.05, 0) is 68.7 Å². The molecule has 5 heteroatoms. The third kappa shape index (κ3) is 4.62. The summed E-state index contributed by atoms with van der Waals surface area (Å²) in [5.74, 6) is 2.71. The zero-order valence-corrected chi connectivity index (χ0v) is 17.3. The lowest BCUT2D eigenvalue weighted by atomic mass is 9.86. The largest absolute Gasteiger partial charge is 0.487 e. The number of hydrogen-bond donors (Lipinski definition) is 1. The zero-order valence-electron chi connectivity index (χ0n) is 15.7. The summed E-state index contributed by atoms with van der Waals surface area (Å²) in [5, 5.41) is 4.39. The molecule has 3 nitrogen and oxygen atoms in total. The predicted octanol–water partition coefficient (Wildman–Crippen LogP) is 4.69. The number of rotatable bonds is 5. The summed E-state index contributed by atoms with van der Waals surface area (Å²) in [6.07, 6.45) is 2.65. The standard InChI is InChI=1S/C22H27ClN2OS/c1-24-22(20-15-27-21-8-3-2-7-19(21)26-20)17-9-11-25(12-10-17)14-16-5-4-6-18(23)13-16/h2-8,13,17,20,22,24H,9-12,14-15H2,1H3. The van der Waals surface area contributed by atoms with Crippen LogP contribution in [0.15, 0.2) is 53.4 Å². The van der Waals surface area contributed by atoms with Crippen LogP contribution in [0.1, 0.15) is 18.4 Å². The molecule has 144 valence electrons. The van der Waals surface area contributed by atoms with E-state index in [0.29, 0.717) is 12.0 Å². The van der Waals surface area contributed by atoms with Crippen molar-refractivity contribution in [2.45, 2.75) is 36.4 Å². The Balaban J connectivity index is 1.34. The van der Waals surface area contributed by atoms with Crippen LogP contribution in [0, 0.1) is 5.92 Å². The first kappa shape index (κ1) is 19.1. The first-order chi connectivity index (χ1) is 13.2. The molecule has 27 heavy (non-hydrogen) atoms. The zero-order chi connectivity index (χ0) is 18.6. The molecule has 2 heterocycles. The Morgan fingerprint density at radius 1 is 1.19 bits per heavy atom. The molecular formula is C22H27ClN2OS. The van der Waals surface area contributed by atoms with E-state index in [9.17, 15) is 0 Å². The lowest BCUT2D eigenvalue weighted by Crippen LogP contribution is -2.51. The summed E-state index contributed by atoms with van der Waals surface area (Å²) in [6, 6.07) is 17.0. The van der Waals surface area contributed by atoms with Gasteiger partial charge in [0.05, 0.1) is 0 Å². The molecule has 0 aromatic heterocycles. The van der Waals surface area contributed by atoms with Gasteiger partial charge in [-0.1, -0.05) is 35.9 Å². The molecule has 2 aliphatic rings. The highest BCUT2D eigenvalue weighted by Crippen LogP contribution is 2.37. The van der Waals surface area contributed by atoms with Crippen LogP contribution < -0.4 is 10.1 Å². The van der Waals surface area contributed by atoms with E-state index in [-0.39, 0.29) is 6.10 Å². The Kier molecular flexibility index (Phi) is 6.28. The van der Waals surface area contributed by atoms with Gasteiger partial charge in [-0.25, -0.2) is 0 Å². The highest BCUT2D eigenvalue weighted by molar-refractivity contribution is 7.99. The number of ether oxygens (including phenoxy) is 1. The van der Waals surface area contributed by atoms with Crippen molar-refractivity contribution in [1.29, 1.82) is 0 Å². The number of halogens is 1. The van der Waals surface area contributed by atoms with Gasteiger partial charge in [-0.3, -0.25) is 4.90 Å². The molecule has 1 saturated heterocycles. The lowest BCUT2D eigenvalue weighted by molar-refractivity contribution is 0.0917. The van der Waals surface area contributed by atoms with Gasteiger partial charge in [-0.2, -0.15) is 0 Å². The van der Waals surface area contributed by atoms with Gasteiger partial charge in [0.15, 0.2) is 0 Å². The summed E-state index contributed by atoms with van der Waals surface area (Å²) < 4.78 is 6.36. The molecule has 1 fully saturated rings. The Labute approximate surface area is 171 Å². The van der Waals surface area contributed by atoms with Gasteiger partial charge in [0.2, 0.25) is 0 Å². The number of likely N-dealkylation sites (tertiary alicyclic amines) is 1. The molecule has 0 radical (unpaired) electrons. The van der Waals surface area contributed by atoms with Gasteiger partial charge in [0, 0.05) is 28.3 Å². The average Bonchev–Trinajstić information content (AvgIpc) is 2.70. The molecule has 2 aliphatic heterocycles. The molecule has 0 bridgehead atoms. The molecule has 2 aromatic carbocycles. The Bertz CT molecular complexity index is 763. The third-order valence-corrected chi connectivity index (χ3v) is 7.08. The van der Waals surface area contributed by atoms with E-state index < -0.39 is 0 Å². The number of benzene rings is 2. The maximum Gasteiger partial charge on any atom is 0.133 e. The molecule has 2 unspecified atom stereocenters. The fourth-order valence-corrected chi connectivity index (χ4v) is 5.57. The van der Waals surface area contributed by atoms with Gasteiger partial charge >= 0.3 is 0 Å². The molecule has 0 amide bonds. The van der Waals surface area contributed by atoms with Crippen LogP contribution in [0.4, 0.5) is 0 Å². The number of hydrogen-bond acceptors (Lipinski definition) is 4. The summed E-state index contributed by atoms with van der Waals surface area (Å²) in [6.45, 7) is 3.25. The summed E-state index contributed by atoms with van der Waals surface area (Å²) in [5.41, 5.74) is 1.30. The van der Waals surface area contributed by atoms with Crippen molar-refractivity contribution in [3.63, 3.8) is 0 Å². The van der Waals surface area contributed by atoms with Gasteiger partial charge in [0.1, 0.15) is 11.9 Å². The van der Waals surface area contributed by atoms with Crippen molar-refractivity contribution in [1.82, 2.24) is 10.2 Å². The second-order valence-electron chi connectivity index (χ2n) is 7.47. The molecule has 1 N–H and O–H groups in total. The van der Waals surface area contributed by atoms with E-state index in [2.05, 4.69) is 53.7 Å². The molecule has 0 spiro atoms. The fourth-order valence-electron chi connectivity index (χ4n) is 4.30. The van der Waals surface area contributed by atoms with Crippen LogP contribution in [0.3, 0.4) is 0 Å². The van der Waals surface area contributed by atoms with Crippen molar-refractivity contribution in [3.05, 3.63) is 59.1 Å². The first-order valence-electron chi connectivity index (χ1n) is 9.75. The second kappa shape index (κ2) is 8.87. The minimum absolute atomic E-state index is 0.236. The van der Waals surface area contributed by atoms with Crippen molar-refractivity contribution in [2.24, 2.45) is 5.92 Å². The molecule has 2 aromatic rings. The van der Waals surface area contributed by atoms with Crippen LogP contribution >= 0.6 is 23.4 Å². The monoisotopic (exact) mass is 402 g/mol. The quantitative estimate of drug-likeness (QED) is 0.783. The van der Waals surface area contributed by atoms with Crippen LogP contribution in [0.25, 0.3) is 0 Å². The van der Waals surface area contributed by atoms with E-state index >= 15 is 0 Å². The minimum atomic E-state index is 0.236. The number of fused-ring (bicyclic) bond motifs is 1. The predicted molar refractivity (Wildman–Crippen MR) is 114 cm³/mol. The number of likely N-dealkylation sites (N-methyl/N-ethyl adjacent to an activating group) is 1. The number of nitrogens with one attached hydrogen (secondary N) is 1. The number of para-hydroxylation sites is 1. The molecular weight excluding hydrogens is 376 g/mol. The Morgan fingerprint density at radius 3 is 2.78 bits per heavy atom. The summed E-state index contributed by atoms with van der Waals surface area (Å²) in [4.78, 5) is 3.81. The first-order valence-corrected chi connectivity index (χ1v) is 11.1. The molecule has 0 aliphatic carbocycles. The maximum atomic E-state index is 6.36. The molecule has 4 rings (SSSR count). The van der Waals surface area contributed by atoms with Crippen LogP contribution in [-0.4, -0.2) is 42.9 Å². The van der Waals surface area contributed by atoms with E-state index in [1.54, 1.807) is 0 Å². The molecule has 0 saturated carbocycles. The summed E-state index contributed by atoms with van der Waals surface area (Å²) >= 11 is 8.05. The number of piperidine rings is 1. The fraction of sp³-hybridized carbons (Fsp3) is 0.455. The average molecular weight is 403 g/mol. The minimum Gasteiger partial charge on any atom is -0.487 e. The Hall–Kier alpha value is -1.20. The maximum absolute atomic E-state index is 6.36. The third-order valence-electron chi connectivity index (χ3n) is 5.70. The van der Waals surface area contributed by atoms with E-state index in [4.69, 9.17) is 16.3 Å². The molecule has 2 atom stereocenters. The van der Waals surface area contributed by atoms with Crippen molar-refractivity contribution in [3.8, 4) is 5.75 Å². The number of nitrogens with zero attached hydrogens (tertiary/aromatic N) is 1. The number of thioether (sulfide) groups is 1. The van der Waals surface area contributed by atoms with E-state index in [1.165, 1.54) is 23.3 Å². The van der Waals surface area contributed by atoms with Crippen LogP contribution in [0.5, 0.6) is 5.75 Å². The van der Waals surface area contributed by atoms with Crippen molar-refractivity contribution < 1.29 is 4.74 Å². The van der Waals surface area contributed by atoms with E-state index in [0.717, 1.165) is 36.2 Å². The lowest BCUT2D eigenvalue weighted by Gasteiger charge is -2.40. The van der Waals surface area contributed by atoms with Crippen molar-refractivity contribution in [2.75, 3.05) is 25.9 Å². The normalized spacial score (nSPS) is 22.1. The van der Waals surface area contributed by atoms with Crippen molar-refractivity contribution >= 4 is 23.4 Å². The van der Waals surface area contributed by atoms with E-state index in [1.807, 2.05) is 23.9 Å².